The van der Waals surface area contributed by atoms with Gasteiger partial charge in [0.15, 0.2) is 17.4 Å². The number of hydrogen-bond acceptors (Lipinski definition) is 2. The molecule has 0 saturated carbocycles. The maximum atomic E-state index is 13.7. The van der Waals surface area contributed by atoms with Gasteiger partial charge in [0.25, 0.3) is 0 Å². The van der Waals surface area contributed by atoms with Gasteiger partial charge in [0, 0.05) is 10.8 Å². The monoisotopic (exact) mass is 278 g/mol. The van der Waals surface area contributed by atoms with E-state index in [1.54, 1.807) is 11.3 Å². The van der Waals surface area contributed by atoms with Crippen molar-refractivity contribution in [2.24, 2.45) is 0 Å². The number of fused-ring (bicyclic) bond motifs is 1. The second-order valence-corrected chi connectivity index (χ2v) is 5.71. The quantitative estimate of drug-likeness (QED) is 0.747. The van der Waals surface area contributed by atoms with Gasteiger partial charge >= 0.3 is 0 Å². The number of hydrogen-bond donors (Lipinski definition) is 0. The number of Topliss-reactive ketones (excluding diaryl/α,β-unsaturated/α-hetero) is 1. The van der Waals surface area contributed by atoms with Gasteiger partial charge in [0.1, 0.15) is 0 Å². The summed E-state index contributed by atoms with van der Waals surface area (Å²) in [5, 5.41) is 1.96. The summed E-state index contributed by atoms with van der Waals surface area (Å²) in [5.74, 6) is -2.63. The molecule has 1 aromatic carbocycles. The fourth-order valence-corrected chi connectivity index (χ4v) is 3.63. The molecule has 0 N–H and O–H groups in total. The summed E-state index contributed by atoms with van der Waals surface area (Å²) in [5.41, 5.74) is 0.856. The Labute approximate surface area is 113 Å². The van der Waals surface area contributed by atoms with Gasteiger partial charge < -0.3 is 0 Å². The van der Waals surface area contributed by atoms with E-state index < -0.39 is 11.6 Å². The van der Waals surface area contributed by atoms with Crippen molar-refractivity contribution in [2.75, 3.05) is 0 Å². The van der Waals surface area contributed by atoms with Crippen LogP contribution in [0.3, 0.4) is 0 Å². The molecule has 1 nitrogen and oxygen atoms in total. The van der Waals surface area contributed by atoms with Crippen molar-refractivity contribution in [3.63, 3.8) is 0 Å². The van der Waals surface area contributed by atoms with Gasteiger partial charge in [0.05, 0.1) is 5.56 Å². The predicted molar refractivity (Wildman–Crippen MR) is 70.7 cm³/mol. The standard InChI is InChI=1S/C15H12F2OS/c16-12-5-1-4-11(14(12)17)15(18)10-3-2-6-13-9(10)7-8-19-13/h1,4-5,7-8,10H,2-3,6H2. The Morgan fingerprint density at radius 2 is 2.11 bits per heavy atom. The van der Waals surface area contributed by atoms with Crippen LogP contribution < -0.4 is 0 Å². The molecule has 1 aromatic heterocycles. The molecule has 1 heterocycles. The minimum absolute atomic E-state index is 0.135. The molecule has 98 valence electrons. The fraction of sp³-hybridized carbons (Fsp3) is 0.267. The van der Waals surface area contributed by atoms with Gasteiger partial charge in [-0.1, -0.05) is 6.07 Å². The molecule has 19 heavy (non-hydrogen) atoms. The Kier molecular flexibility index (Phi) is 3.19. The molecule has 0 fully saturated rings. The van der Waals surface area contributed by atoms with Crippen molar-refractivity contribution in [1.29, 1.82) is 0 Å². The lowest BCUT2D eigenvalue weighted by molar-refractivity contribution is 0.0946. The first-order valence-electron chi connectivity index (χ1n) is 6.23. The van der Waals surface area contributed by atoms with Crippen LogP contribution >= 0.6 is 11.3 Å². The Morgan fingerprint density at radius 1 is 1.26 bits per heavy atom. The van der Waals surface area contributed by atoms with E-state index in [9.17, 15) is 13.6 Å². The van der Waals surface area contributed by atoms with Crippen LogP contribution in [-0.2, 0) is 6.42 Å². The maximum absolute atomic E-state index is 13.7. The molecular formula is C15H12F2OS. The molecule has 0 radical (unpaired) electrons. The normalized spacial score (nSPS) is 18.1. The third-order valence-corrected chi connectivity index (χ3v) is 4.58. The zero-order chi connectivity index (χ0) is 13.4. The first-order chi connectivity index (χ1) is 9.18. The molecule has 0 aliphatic heterocycles. The summed E-state index contributed by atoms with van der Waals surface area (Å²) in [6.07, 6.45) is 2.60. The number of carbonyl (C=O) groups excluding carboxylic acids is 1. The highest BCUT2D eigenvalue weighted by Gasteiger charge is 2.30. The Balaban J connectivity index is 2.00. The van der Waals surface area contributed by atoms with E-state index in [2.05, 4.69) is 0 Å². The van der Waals surface area contributed by atoms with Gasteiger partial charge in [-0.2, -0.15) is 0 Å². The Bertz CT molecular complexity index is 633. The average Bonchev–Trinajstić information content (AvgIpc) is 2.89. The number of rotatable bonds is 2. The van der Waals surface area contributed by atoms with E-state index in [1.165, 1.54) is 17.0 Å². The number of carbonyl (C=O) groups is 1. The molecule has 1 aliphatic carbocycles. The maximum Gasteiger partial charge on any atom is 0.173 e. The van der Waals surface area contributed by atoms with Crippen LogP contribution in [0.1, 0.15) is 39.6 Å². The van der Waals surface area contributed by atoms with Crippen LogP contribution in [0.25, 0.3) is 0 Å². The molecule has 2 aromatic rings. The summed E-state index contributed by atoms with van der Waals surface area (Å²) in [6.45, 7) is 0. The first-order valence-corrected chi connectivity index (χ1v) is 7.11. The smallest absolute Gasteiger partial charge is 0.173 e. The van der Waals surface area contributed by atoms with E-state index in [1.807, 2.05) is 11.4 Å². The molecule has 4 heteroatoms. The van der Waals surface area contributed by atoms with Crippen molar-refractivity contribution in [3.8, 4) is 0 Å². The van der Waals surface area contributed by atoms with Gasteiger partial charge in [-0.25, -0.2) is 8.78 Å². The van der Waals surface area contributed by atoms with E-state index >= 15 is 0 Å². The number of ketones is 1. The largest absolute Gasteiger partial charge is 0.293 e. The number of halogens is 2. The molecule has 3 rings (SSSR count). The predicted octanol–water partition coefficient (Wildman–Crippen LogP) is 4.33. The van der Waals surface area contributed by atoms with Gasteiger partial charge in [-0.15, -0.1) is 11.3 Å². The average molecular weight is 278 g/mol. The highest BCUT2D eigenvalue weighted by molar-refractivity contribution is 7.10. The molecule has 0 saturated heterocycles. The fourth-order valence-electron chi connectivity index (χ4n) is 2.64. The van der Waals surface area contributed by atoms with Crippen molar-refractivity contribution in [2.45, 2.75) is 25.2 Å². The molecule has 1 aliphatic rings. The Morgan fingerprint density at radius 3 is 2.95 bits per heavy atom. The van der Waals surface area contributed by atoms with Crippen LogP contribution in [0.2, 0.25) is 0 Å². The van der Waals surface area contributed by atoms with Crippen LogP contribution in [0.15, 0.2) is 29.6 Å². The first kappa shape index (κ1) is 12.5. The van der Waals surface area contributed by atoms with Crippen molar-refractivity contribution >= 4 is 17.1 Å². The van der Waals surface area contributed by atoms with Crippen LogP contribution in [0, 0.1) is 11.6 Å². The highest BCUT2D eigenvalue weighted by Crippen LogP contribution is 2.37. The Hall–Kier alpha value is -1.55. The third kappa shape index (κ3) is 2.10. The second-order valence-electron chi connectivity index (χ2n) is 4.71. The molecular weight excluding hydrogens is 266 g/mol. The SMILES string of the molecule is O=C(c1cccc(F)c1F)C1CCCc2sccc21. The van der Waals surface area contributed by atoms with E-state index in [0.29, 0.717) is 6.42 Å². The molecule has 0 bridgehead atoms. The highest BCUT2D eigenvalue weighted by atomic mass is 32.1. The zero-order valence-corrected chi connectivity index (χ0v) is 11.0. The van der Waals surface area contributed by atoms with Gasteiger partial charge in [-0.3, -0.25) is 4.79 Å². The summed E-state index contributed by atoms with van der Waals surface area (Å²) in [6, 6.07) is 5.70. The summed E-state index contributed by atoms with van der Waals surface area (Å²) in [7, 11) is 0. The van der Waals surface area contributed by atoms with E-state index in [0.717, 1.165) is 24.5 Å². The van der Waals surface area contributed by atoms with Gasteiger partial charge in [-0.05, 0) is 48.4 Å². The topological polar surface area (TPSA) is 17.1 Å². The number of aryl methyl sites for hydroxylation is 1. The molecule has 0 spiro atoms. The van der Waals surface area contributed by atoms with E-state index in [4.69, 9.17) is 0 Å². The lowest BCUT2D eigenvalue weighted by atomic mass is 9.82. The summed E-state index contributed by atoms with van der Waals surface area (Å²) in [4.78, 5) is 13.6. The molecule has 1 unspecified atom stereocenters. The molecule has 0 amide bonds. The lowest BCUT2D eigenvalue weighted by Gasteiger charge is -2.21. The van der Waals surface area contributed by atoms with Crippen LogP contribution in [0.4, 0.5) is 8.78 Å². The van der Waals surface area contributed by atoms with E-state index in [-0.39, 0.29) is 17.3 Å². The second kappa shape index (κ2) is 4.85. The third-order valence-electron chi connectivity index (χ3n) is 3.59. The van der Waals surface area contributed by atoms with Crippen molar-refractivity contribution < 1.29 is 13.6 Å². The van der Waals surface area contributed by atoms with Crippen molar-refractivity contribution in [1.82, 2.24) is 0 Å². The number of benzene rings is 1. The van der Waals surface area contributed by atoms with Crippen molar-refractivity contribution in [3.05, 3.63) is 57.3 Å². The minimum Gasteiger partial charge on any atom is -0.293 e. The lowest BCUT2D eigenvalue weighted by Crippen LogP contribution is -2.18. The minimum atomic E-state index is -1.03. The molecule has 1 atom stereocenters. The van der Waals surface area contributed by atoms with Crippen LogP contribution in [-0.4, -0.2) is 5.78 Å². The van der Waals surface area contributed by atoms with Crippen LogP contribution in [0.5, 0.6) is 0 Å². The summed E-state index contributed by atoms with van der Waals surface area (Å²) < 4.78 is 26.9. The zero-order valence-electron chi connectivity index (χ0n) is 10.2. The van der Waals surface area contributed by atoms with Gasteiger partial charge in [0.2, 0.25) is 0 Å². The summed E-state index contributed by atoms with van der Waals surface area (Å²) >= 11 is 1.63. The number of thiophene rings is 1.